The van der Waals surface area contributed by atoms with Gasteiger partial charge in [-0.2, -0.15) is 0 Å². The van der Waals surface area contributed by atoms with Gasteiger partial charge in [0.1, 0.15) is 5.75 Å². The van der Waals surface area contributed by atoms with Crippen LogP contribution in [-0.4, -0.2) is 49.6 Å². The van der Waals surface area contributed by atoms with Crippen LogP contribution in [0.15, 0.2) is 24.3 Å². The molecule has 1 unspecified atom stereocenters. The number of rotatable bonds is 4. The van der Waals surface area contributed by atoms with Gasteiger partial charge < -0.3 is 19.7 Å². The number of fused-ring (bicyclic) bond motifs is 1. The van der Waals surface area contributed by atoms with Crippen LogP contribution < -0.4 is 10.1 Å². The van der Waals surface area contributed by atoms with Gasteiger partial charge in [0, 0.05) is 37.9 Å². The fourth-order valence-corrected chi connectivity index (χ4v) is 2.95. The molecule has 6 nitrogen and oxygen atoms in total. The van der Waals surface area contributed by atoms with E-state index >= 15 is 0 Å². The predicted molar refractivity (Wildman–Crippen MR) is 84.1 cm³/mol. The Balaban J connectivity index is 1.49. The minimum atomic E-state index is -0.0895. The molecule has 2 aliphatic heterocycles. The Hall–Kier alpha value is -2.08. The number of benzene rings is 1. The number of morpholine rings is 1. The summed E-state index contributed by atoms with van der Waals surface area (Å²) in [6, 6.07) is 7.71. The molecule has 1 fully saturated rings. The molecule has 2 heterocycles. The number of amides is 2. The zero-order valence-corrected chi connectivity index (χ0v) is 13.1. The van der Waals surface area contributed by atoms with Crippen LogP contribution in [0.1, 0.15) is 30.9 Å². The van der Waals surface area contributed by atoms with Crippen LogP contribution >= 0.6 is 0 Å². The average molecular weight is 318 g/mol. The summed E-state index contributed by atoms with van der Waals surface area (Å²) >= 11 is 0. The third kappa shape index (κ3) is 4.01. The molecule has 1 saturated heterocycles. The number of nitrogens with one attached hydrogen (secondary N) is 1. The SMILES string of the molecule is O=C(CCC(=O)N1CCOCC1)NC1CCOc2ccccc21. The predicted octanol–water partition coefficient (Wildman–Crippen LogP) is 1.27. The first-order valence-corrected chi connectivity index (χ1v) is 8.10. The second-order valence-electron chi connectivity index (χ2n) is 5.79. The second-order valence-corrected chi connectivity index (χ2v) is 5.79. The van der Waals surface area contributed by atoms with Crippen LogP contribution in [0.5, 0.6) is 5.75 Å². The lowest BCUT2D eigenvalue weighted by Crippen LogP contribution is -2.41. The highest BCUT2D eigenvalue weighted by Gasteiger charge is 2.23. The van der Waals surface area contributed by atoms with Crippen molar-refractivity contribution in [3.63, 3.8) is 0 Å². The quantitative estimate of drug-likeness (QED) is 0.908. The summed E-state index contributed by atoms with van der Waals surface area (Å²) in [6.07, 6.45) is 1.21. The molecule has 23 heavy (non-hydrogen) atoms. The molecular weight excluding hydrogens is 296 g/mol. The summed E-state index contributed by atoms with van der Waals surface area (Å²) in [5, 5.41) is 3.02. The number of hydrogen-bond acceptors (Lipinski definition) is 4. The Morgan fingerprint density at radius 3 is 2.74 bits per heavy atom. The van der Waals surface area contributed by atoms with Crippen molar-refractivity contribution in [2.45, 2.75) is 25.3 Å². The second kappa shape index (κ2) is 7.46. The monoisotopic (exact) mass is 318 g/mol. The van der Waals surface area contributed by atoms with E-state index in [9.17, 15) is 9.59 Å². The van der Waals surface area contributed by atoms with Crippen molar-refractivity contribution in [1.82, 2.24) is 10.2 Å². The first-order chi connectivity index (χ1) is 11.2. The fraction of sp³-hybridized carbons (Fsp3) is 0.529. The van der Waals surface area contributed by atoms with Gasteiger partial charge in [0.2, 0.25) is 11.8 Å². The van der Waals surface area contributed by atoms with E-state index in [1.165, 1.54) is 0 Å². The van der Waals surface area contributed by atoms with E-state index in [4.69, 9.17) is 9.47 Å². The molecule has 1 N–H and O–H groups in total. The summed E-state index contributed by atoms with van der Waals surface area (Å²) < 4.78 is 10.8. The Labute approximate surface area is 135 Å². The van der Waals surface area contributed by atoms with Gasteiger partial charge in [-0.1, -0.05) is 18.2 Å². The van der Waals surface area contributed by atoms with Crippen LogP contribution in [0, 0.1) is 0 Å². The Bertz CT molecular complexity index is 569. The number of nitrogens with zero attached hydrogens (tertiary/aromatic N) is 1. The summed E-state index contributed by atoms with van der Waals surface area (Å²) in [4.78, 5) is 26.0. The normalized spacial score (nSPS) is 20.3. The highest BCUT2D eigenvalue weighted by atomic mass is 16.5. The van der Waals surface area contributed by atoms with Gasteiger partial charge in [-0.3, -0.25) is 9.59 Å². The molecule has 0 bridgehead atoms. The topological polar surface area (TPSA) is 67.9 Å². The van der Waals surface area contributed by atoms with Gasteiger partial charge in [-0.15, -0.1) is 0 Å². The van der Waals surface area contributed by atoms with E-state index in [1.807, 2.05) is 24.3 Å². The van der Waals surface area contributed by atoms with Crippen molar-refractivity contribution in [2.75, 3.05) is 32.9 Å². The van der Waals surface area contributed by atoms with Crippen molar-refractivity contribution < 1.29 is 19.1 Å². The molecule has 0 saturated carbocycles. The molecule has 0 aliphatic carbocycles. The lowest BCUT2D eigenvalue weighted by molar-refractivity contribution is -0.137. The van der Waals surface area contributed by atoms with Crippen molar-refractivity contribution >= 4 is 11.8 Å². The molecule has 6 heteroatoms. The van der Waals surface area contributed by atoms with Crippen molar-refractivity contribution in [3.8, 4) is 5.75 Å². The molecule has 0 spiro atoms. The van der Waals surface area contributed by atoms with Crippen LogP contribution in [-0.2, 0) is 14.3 Å². The number of carbonyl (C=O) groups is 2. The molecule has 0 radical (unpaired) electrons. The van der Waals surface area contributed by atoms with Gasteiger partial charge in [-0.05, 0) is 6.07 Å². The van der Waals surface area contributed by atoms with Crippen molar-refractivity contribution in [1.29, 1.82) is 0 Å². The maximum atomic E-state index is 12.2. The summed E-state index contributed by atoms with van der Waals surface area (Å²) in [6.45, 7) is 2.99. The summed E-state index contributed by atoms with van der Waals surface area (Å²) in [5.74, 6) is 0.762. The largest absolute Gasteiger partial charge is 0.493 e. The van der Waals surface area contributed by atoms with Gasteiger partial charge >= 0.3 is 0 Å². The fourth-order valence-electron chi connectivity index (χ4n) is 2.95. The van der Waals surface area contributed by atoms with Gasteiger partial charge in [0.05, 0.1) is 25.9 Å². The Kier molecular flexibility index (Phi) is 5.12. The van der Waals surface area contributed by atoms with Crippen molar-refractivity contribution in [3.05, 3.63) is 29.8 Å². The van der Waals surface area contributed by atoms with E-state index in [-0.39, 0.29) is 30.7 Å². The molecule has 2 amide bonds. The minimum Gasteiger partial charge on any atom is -0.493 e. The summed E-state index contributed by atoms with van der Waals surface area (Å²) in [7, 11) is 0. The molecule has 1 aromatic rings. The first-order valence-electron chi connectivity index (χ1n) is 8.10. The molecule has 1 aromatic carbocycles. The van der Waals surface area contributed by atoms with E-state index in [2.05, 4.69) is 5.32 Å². The minimum absolute atomic E-state index is 0.0239. The number of hydrogen-bond donors (Lipinski definition) is 1. The van der Waals surface area contributed by atoms with Crippen LogP contribution in [0.4, 0.5) is 0 Å². The molecule has 2 aliphatic rings. The van der Waals surface area contributed by atoms with E-state index in [1.54, 1.807) is 4.90 Å². The van der Waals surface area contributed by atoms with Crippen LogP contribution in [0.25, 0.3) is 0 Å². The summed E-state index contributed by atoms with van der Waals surface area (Å²) in [5.41, 5.74) is 1.01. The third-order valence-electron chi connectivity index (χ3n) is 4.22. The number of carbonyl (C=O) groups excluding carboxylic acids is 2. The molecule has 124 valence electrons. The van der Waals surface area contributed by atoms with E-state index in [0.717, 1.165) is 17.7 Å². The van der Waals surface area contributed by atoms with Crippen LogP contribution in [0.3, 0.4) is 0 Å². The molecular formula is C17H22N2O4. The molecule has 0 aromatic heterocycles. The highest BCUT2D eigenvalue weighted by Crippen LogP contribution is 2.31. The van der Waals surface area contributed by atoms with Gasteiger partial charge in [0.15, 0.2) is 0 Å². The zero-order chi connectivity index (χ0) is 16.1. The number of para-hydroxylation sites is 1. The van der Waals surface area contributed by atoms with Crippen molar-refractivity contribution in [2.24, 2.45) is 0 Å². The maximum Gasteiger partial charge on any atom is 0.223 e. The Morgan fingerprint density at radius 2 is 1.91 bits per heavy atom. The smallest absolute Gasteiger partial charge is 0.223 e. The maximum absolute atomic E-state index is 12.2. The van der Waals surface area contributed by atoms with E-state index < -0.39 is 0 Å². The number of ether oxygens (including phenoxy) is 2. The van der Waals surface area contributed by atoms with Gasteiger partial charge in [0.25, 0.3) is 0 Å². The molecule has 3 rings (SSSR count). The Morgan fingerprint density at radius 1 is 1.13 bits per heavy atom. The highest BCUT2D eigenvalue weighted by molar-refractivity contribution is 5.84. The molecule has 1 atom stereocenters. The van der Waals surface area contributed by atoms with Gasteiger partial charge in [-0.25, -0.2) is 0 Å². The van der Waals surface area contributed by atoms with Crippen LogP contribution in [0.2, 0.25) is 0 Å². The lowest BCUT2D eigenvalue weighted by Gasteiger charge is -2.28. The zero-order valence-electron chi connectivity index (χ0n) is 13.1. The lowest BCUT2D eigenvalue weighted by atomic mass is 10.0. The van der Waals surface area contributed by atoms with E-state index in [0.29, 0.717) is 32.9 Å². The average Bonchev–Trinajstić information content (AvgIpc) is 2.61. The third-order valence-corrected chi connectivity index (χ3v) is 4.22. The standard InChI is InChI=1S/C17H22N2O4/c20-16(5-6-17(21)19-8-11-22-12-9-19)18-14-7-10-23-15-4-2-1-3-13(14)15/h1-4,14H,5-12H2,(H,18,20). The first kappa shape index (κ1) is 15.8.